The lowest BCUT2D eigenvalue weighted by Gasteiger charge is -2.14. The highest BCUT2D eigenvalue weighted by molar-refractivity contribution is 6.04. The zero-order valence-corrected chi connectivity index (χ0v) is 15.9. The predicted octanol–water partition coefficient (Wildman–Crippen LogP) is 3.06. The number of rotatable bonds is 3. The molecule has 0 aliphatic carbocycles. The first-order valence-electron chi connectivity index (χ1n) is 8.94. The van der Waals surface area contributed by atoms with Crippen LogP contribution in [0.5, 0.6) is 34.5 Å². The lowest BCUT2D eigenvalue weighted by molar-refractivity contribution is 0.0694. The number of phenolic OH excluding ortho intramolecular Hbond substituents is 4. The first-order valence-corrected chi connectivity index (χ1v) is 8.94. The van der Waals surface area contributed by atoms with Crippen LogP contribution >= 0.6 is 0 Å². The number of carbonyl (C=O) groups is 1. The van der Waals surface area contributed by atoms with Crippen molar-refractivity contribution in [1.29, 1.82) is 0 Å². The average Bonchev–Trinajstić information content (AvgIpc) is 2.72. The fraction of sp³-hybridized carbons (Fsp3) is 0. The molecule has 4 aromatic rings. The van der Waals surface area contributed by atoms with Gasteiger partial charge in [-0.25, -0.2) is 4.79 Å². The molecule has 1 heterocycles. The molecule has 10 nitrogen and oxygen atoms in total. The van der Waals surface area contributed by atoms with E-state index in [-0.39, 0.29) is 16.7 Å². The van der Waals surface area contributed by atoms with Gasteiger partial charge in [-0.15, -0.1) is 0 Å². The van der Waals surface area contributed by atoms with Crippen molar-refractivity contribution in [3.8, 4) is 56.9 Å². The van der Waals surface area contributed by atoms with Crippen molar-refractivity contribution in [2.75, 3.05) is 0 Å². The van der Waals surface area contributed by atoms with Crippen LogP contribution in [0.1, 0.15) is 10.4 Å². The van der Waals surface area contributed by atoms with Gasteiger partial charge in [-0.2, -0.15) is 0 Å². The summed E-state index contributed by atoms with van der Waals surface area (Å²) >= 11 is 0. The molecule has 32 heavy (non-hydrogen) atoms. The van der Waals surface area contributed by atoms with E-state index in [4.69, 9.17) is 4.42 Å². The van der Waals surface area contributed by atoms with Crippen LogP contribution in [0.3, 0.4) is 0 Å². The minimum absolute atomic E-state index is 0.0148. The van der Waals surface area contributed by atoms with Crippen molar-refractivity contribution in [3.63, 3.8) is 0 Å². The summed E-state index contributed by atoms with van der Waals surface area (Å²) in [5.41, 5.74) is -2.81. The van der Waals surface area contributed by atoms with Crippen LogP contribution in [0.15, 0.2) is 51.7 Å². The van der Waals surface area contributed by atoms with Gasteiger partial charge in [-0.1, -0.05) is 12.1 Å². The quantitative estimate of drug-likeness (QED) is 0.234. The highest BCUT2D eigenvalue weighted by Gasteiger charge is 2.26. The maximum absolute atomic E-state index is 12.8. The highest BCUT2D eigenvalue weighted by atomic mass is 16.4. The number of carboxylic acids is 1. The fourth-order valence-electron chi connectivity index (χ4n) is 3.41. The molecule has 0 spiro atoms. The largest absolute Gasteiger partial charge is 0.507 e. The molecule has 4 rings (SSSR count). The Morgan fingerprint density at radius 2 is 1.50 bits per heavy atom. The van der Waals surface area contributed by atoms with Gasteiger partial charge >= 0.3 is 5.97 Å². The van der Waals surface area contributed by atoms with Crippen molar-refractivity contribution < 1.29 is 45.0 Å². The molecule has 1 aromatic heterocycles. The number of benzene rings is 3. The molecule has 162 valence electrons. The molecule has 0 atom stereocenters. The number of phenols is 5. The van der Waals surface area contributed by atoms with Gasteiger partial charge < -0.3 is 40.2 Å². The van der Waals surface area contributed by atoms with Gasteiger partial charge in [0.1, 0.15) is 33.8 Å². The maximum Gasteiger partial charge on any atom is 0.340 e. The Labute approximate surface area is 177 Å². The second kappa shape index (κ2) is 7.13. The molecule has 0 amide bonds. The zero-order chi connectivity index (χ0) is 23.3. The Hall–Kier alpha value is -4.86. The van der Waals surface area contributed by atoms with Crippen LogP contribution in [0, 0.1) is 0 Å². The summed E-state index contributed by atoms with van der Waals surface area (Å²) in [5.74, 6) is -6.07. The van der Waals surface area contributed by atoms with E-state index in [1.54, 1.807) is 0 Å². The Kier molecular flexibility index (Phi) is 4.55. The minimum Gasteiger partial charge on any atom is -0.507 e. The zero-order valence-electron chi connectivity index (χ0n) is 15.9. The third kappa shape index (κ3) is 2.98. The van der Waals surface area contributed by atoms with E-state index in [1.165, 1.54) is 18.2 Å². The summed E-state index contributed by atoms with van der Waals surface area (Å²) in [5, 5.41) is 69.6. The summed E-state index contributed by atoms with van der Waals surface area (Å²) in [7, 11) is 0. The van der Waals surface area contributed by atoms with Crippen LogP contribution in [-0.4, -0.2) is 41.7 Å². The van der Waals surface area contributed by atoms with Gasteiger partial charge in [-0.05, 0) is 24.3 Å². The van der Waals surface area contributed by atoms with Crippen molar-refractivity contribution in [3.05, 3.63) is 58.3 Å². The van der Waals surface area contributed by atoms with Crippen LogP contribution < -0.4 is 5.43 Å². The third-order valence-electron chi connectivity index (χ3n) is 4.88. The molecule has 3 aromatic carbocycles. The molecule has 0 saturated carbocycles. The van der Waals surface area contributed by atoms with Crippen molar-refractivity contribution >= 4 is 16.9 Å². The molecule has 0 aliphatic heterocycles. The van der Waals surface area contributed by atoms with E-state index >= 15 is 0 Å². The van der Waals surface area contributed by atoms with E-state index in [0.29, 0.717) is 0 Å². The third-order valence-corrected chi connectivity index (χ3v) is 4.88. The summed E-state index contributed by atoms with van der Waals surface area (Å²) in [4.78, 5) is 24.4. The molecule has 0 bridgehead atoms. The van der Waals surface area contributed by atoms with Crippen molar-refractivity contribution in [2.45, 2.75) is 0 Å². The van der Waals surface area contributed by atoms with E-state index in [2.05, 4.69) is 0 Å². The molecule has 0 aliphatic rings. The molecule has 7 N–H and O–H groups in total. The van der Waals surface area contributed by atoms with Gasteiger partial charge in [0.2, 0.25) is 11.2 Å². The van der Waals surface area contributed by atoms with Gasteiger partial charge in [0.05, 0.1) is 5.56 Å². The summed E-state index contributed by atoms with van der Waals surface area (Å²) < 4.78 is 5.48. The lowest BCUT2D eigenvalue weighted by atomic mass is 9.95. The molecule has 0 fully saturated rings. The van der Waals surface area contributed by atoms with Gasteiger partial charge in [0.25, 0.3) is 0 Å². The molecular weight excluding hydrogens is 424 g/mol. The molecule has 0 unspecified atom stereocenters. The van der Waals surface area contributed by atoms with Gasteiger partial charge in [0.15, 0.2) is 17.3 Å². The van der Waals surface area contributed by atoms with Gasteiger partial charge in [0, 0.05) is 17.2 Å². The van der Waals surface area contributed by atoms with E-state index in [0.717, 1.165) is 24.3 Å². The fourth-order valence-corrected chi connectivity index (χ4v) is 3.41. The molecule has 10 heteroatoms. The molecular formula is C22H14O10. The standard InChI is InChI=1S/C22H14O10/c23-10-5-4-8(6-12(10)25)21-20(29)19(28)17-14(32-21)7-13(26)15(18(17)27)9-2-1-3-11(24)16(9)22(30)31/h1-7,23-27,29H,(H,30,31). The predicted molar refractivity (Wildman–Crippen MR) is 110 cm³/mol. The Balaban J connectivity index is 2.06. The normalized spacial score (nSPS) is 11.0. The van der Waals surface area contributed by atoms with Crippen LogP contribution in [0.4, 0.5) is 0 Å². The van der Waals surface area contributed by atoms with E-state index in [9.17, 15) is 45.3 Å². The minimum atomic E-state index is -1.55. The number of hydrogen-bond donors (Lipinski definition) is 7. The number of fused-ring (bicyclic) bond motifs is 1. The first kappa shape index (κ1) is 20.4. The molecule has 0 radical (unpaired) electrons. The van der Waals surface area contributed by atoms with Crippen LogP contribution in [0.2, 0.25) is 0 Å². The SMILES string of the molecule is O=C(O)c1c(O)cccc1-c1c(O)cc2oc(-c3ccc(O)c(O)c3)c(O)c(=O)c2c1O. The van der Waals surface area contributed by atoms with Crippen LogP contribution in [-0.2, 0) is 0 Å². The van der Waals surface area contributed by atoms with Gasteiger partial charge in [-0.3, -0.25) is 4.79 Å². The smallest absolute Gasteiger partial charge is 0.340 e. The summed E-state index contributed by atoms with van der Waals surface area (Å²) in [6.07, 6.45) is 0. The Bertz CT molecular complexity index is 1480. The highest BCUT2D eigenvalue weighted by Crippen LogP contribution is 2.46. The van der Waals surface area contributed by atoms with Crippen molar-refractivity contribution in [2.24, 2.45) is 0 Å². The second-order valence-electron chi connectivity index (χ2n) is 6.81. The molecule has 0 saturated heterocycles. The lowest BCUT2D eigenvalue weighted by Crippen LogP contribution is -2.05. The Morgan fingerprint density at radius 3 is 2.16 bits per heavy atom. The number of hydrogen-bond acceptors (Lipinski definition) is 9. The van der Waals surface area contributed by atoms with E-state index in [1.807, 2.05) is 0 Å². The topological polar surface area (TPSA) is 189 Å². The first-order chi connectivity index (χ1) is 15.1. The maximum atomic E-state index is 12.8. The number of aromatic hydroxyl groups is 6. The number of aromatic carboxylic acids is 1. The monoisotopic (exact) mass is 438 g/mol. The van der Waals surface area contributed by atoms with E-state index < -0.39 is 68.2 Å². The summed E-state index contributed by atoms with van der Waals surface area (Å²) in [6.45, 7) is 0. The Morgan fingerprint density at radius 1 is 0.781 bits per heavy atom. The summed E-state index contributed by atoms with van der Waals surface area (Å²) in [6, 6.07) is 7.89. The van der Waals surface area contributed by atoms with Crippen molar-refractivity contribution in [1.82, 2.24) is 0 Å². The average molecular weight is 438 g/mol. The second-order valence-corrected chi connectivity index (χ2v) is 6.81. The van der Waals surface area contributed by atoms with Crippen LogP contribution in [0.25, 0.3) is 33.4 Å². The number of carboxylic acid groups (broad SMARTS) is 1.